The normalized spacial score (nSPS) is 11.6. The Morgan fingerprint density at radius 2 is 1.94 bits per heavy atom. The first kappa shape index (κ1) is 12.7. The molecule has 0 bridgehead atoms. The van der Waals surface area contributed by atoms with Crippen molar-refractivity contribution in [3.63, 3.8) is 0 Å². The number of nitrogens with one attached hydrogen (secondary N) is 1. The molecule has 0 saturated heterocycles. The van der Waals surface area contributed by atoms with Gasteiger partial charge in [0.2, 0.25) is 0 Å². The second-order valence-corrected chi connectivity index (χ2v) is 5.00. The Balaban J connectivity index is 2.86. The van der Waals surface area contributed by atoms with Crippen LogP contribution in [0.1, 0.15) is 5.56 Å². The van der Waals surface area contributed by atoms with Crippen LogP contribution in [-0.4, -0.2) is 19.9 Å². The summed E-state index contributed by atoms with van der Waals surface area (Å²) in [5, 5.41) is 2.34. The smallest absolute Gasteiger partial charge is 0.274 e. The zero-order valence-corrected chi connectivity index (χ0v) is 9.92. The second kappa shape index (κ2) is 5.09. The molecule has 1 rings (SSSR count). The van der Waals surface area contributed by atoms with E-state index in [-0.39, 0.29) is 4.90 Å². The van der Waals surface area contributed by atoms with Crippen LogP contribution in [0.15, 0.2) is 34.3 Å². The molecule has 1 aromatic carbocycles. The monoisotopic (exact) mass is 260 g/mol. The zero-order chi connectivity index (χ0) is 12.2. The summed E-state index contributed by atoms with van der Waals surface area (Å²) in [7, 11) is -3.73. The molecule has 5 nitrogen and oxygen atoms in total. The molecule has 0 atom stereocenters. The number of halogens is 1. The first-order valence-electron chi connectivity index (χ1n) is 4.23. The summed E-state index contributed by atoms with van der Waals surface area (Å²) < 4.78 is 23.1. The lowest BCUT2D eigenvalue weighted by Gasteiger charge is -2.02. The maximum Gasteiger partial charge on any atom is 0.276 e. The van der Waals surface area contributed by atoms with Crippen molar-refractivity contribution in [3.05, 3.63) is 29.8 Å². The maximum absolute atomic E-state index is 11.5. The zero-order valence-electron chi connectivity index (χ0n) is 8.34. The highest BCUT2D eigenvalue weighted by atomic mass is 35.5. The summed E-state index contributed by atoms with van der Waals surface area (Å²) >= 11 is 4.95. The molecule has 0 heterocycles. The minimum Gasteiger partial charge on any atom is -0.274 e. The number of hydrogen-bond acceptors (Lipinski definition) is 4. The highest BCUT2D eigenvalue weighted by Gasteiger charge is 2.11. The van der Waals surface area contributed by atoms with Gasteiger partial charge in [0.05, 0.1) is 4.90 Å². The summed E-state index contributed by atoms with van der Waals surface area (Å²) in [5.74, 6) is 0. The lowest BCUT2D eigenvalue weighted by molar-refractivity contribution is -0.105. The fraction of sp³-hybridized carbons (Fsp3) is 0.111. The summed E-state index contributed by atoms with van der Waals surface area (Å²) in [5.41, 5.74) is 0.943. The van der Waals surface area contributed by atoms with Crippen LogP contribution in [0.3, 0.4) is 0 Å². The SMILES string of the molecule is Cc1ccc(S(=O)(=O)N/N=C/C(=O)Cl)cc1. The first-order valence-corrected chi connectivity index (χ1v) is 6.09. The molecular formula is C9H9ClN2O3S. The predicted octanol–water partition coefficient (Wildman–Crippen LogP) is 1.02. The Morgan fingerprint density at radius 1 is 1.38 bits per heavy atom. The first-order chi connectivity index (χ1) is 7.42. The van der Waals surface area contributed by atoms with Crippen LogP contribution in [0.2, 0.25) is 0 Å². The van der Waals surface area contributed by atoms with Gasteiger partial charge >= 0.3 is 0 Å². The minimum atomic E-state index is -3.73. The molecule has 0 unspecified atom stereocenters. The second-order valence-electron chi connectivity index (χ2n) is 2.97. The standard InChI is InChI=1S/C9H9ClN2O3S/c1-7-2-4-8(5-3-7)16(14,15)12-11-6-9(10)13/h2-6,12H,1H3/b11-6+. The number of aryl methyl sites for hydroxylation is 1. The Morgan fingerprint density at radius 3 is 2.44 bits per heavy atom. The van der Waals surface area contributed by atoms with Crippen LogP contribution >= 0.6 is 11.6 Å². The number of carbonyl (C=O) groups is 1. The van der Waals surface area contributed by atoms with E-state index >= 15 is 0 Å². The van der Waals surface area contributed by atoms with Crippen LogP contribution in [0.4, 0.5) is 0 Å². The van der Waals surface area contributed by atoms with Crippen molar-refractivity contribution < 1.29 is 13.2 Å². The molecule has 1 aromatic rings. The van der Waals surface area contributed by atoms with Crippen LogP contribution in [-0.2, 0) is 14.8 Å². The molecule has 0 spiro atoms. The fourth-order valence-corrected chi connectivity index (χ4v) is 1.76. The number of hydrogen-bond donors (Lipinski definition) is 1. The van der Waals surface area contributed by atoms with Crippen molar-refractivity contribution in [2.45, 2.75) is 11.8 Å². The van der Waals surface area contributed by atoms with Gasteiger partial charge in [-0.05, 0) is 30.7 Å². The average Bonchev–Trinajstić information content (AvgIpc) is 2.17. The van der Waals surface area contributed by atoms with Crippen LogP contribution in [0.5, 0.6) is 0 Å². The number of sulfonamides is 1. The summed E-state index contributed by atoms with van der Waals surface area (Å²) in [4.78, 5) is 12.2. The van der Waals surface area contributed by atoms with E-state index in [1.807, 2.05) is 11.8 Å². The Kier molecular flexibility index (Phi) is 4.03. The van der Waals surface area contributed by atoms with Crippen LogP contribution < -0.4 is 4.83 Å². The van der Waals surface area contributed by atoms with E-state index in [1.165, 1.54) is 12.1 Å². The maximum atomic E-state index is 11.5. The number of carbonyl (C=O) groups excluding carboxylic acids is 1. The lowest BCUT2D eigenvalue weighted by Crippen LogP contribution is -2.18. The van der Waals surface area contributed by atoms with Gasteiger partial charge in [-0.25, -0.2) is 0 Å². The highest BCUT2D eigenvalue weighted by molar-refractivity contribution is 7.89. The van der Waals surface area contributed by atoms with E-state index in [2.05, 4.69) is 5.10 Å². The third-order valence-corrected chi connectivity index (χ3v) is 3.01. The molecular weight excluding hydrogens is 252 g/mol. The molecule has 1 N–H and O–H groups in total. The van der Waals surface area contributed by atoms with Crippen LogP contribution in [0.25, 0.3) is 0 Å². The molecule has 0 aliphatic rings. The van der Waals surface area contributed by atoms with Gasteiger partial charge in [0.15, 0.2) is 0 Å². The van der Waals surface area contributed by atoms with Gasteiger partial charge in [0.25, 0.3) is 15.3 Å². The van der Waals surface area contributed by atoms with Crippen molar-refractivity contribution in [1.29, 1.82) is 0 Å². The molecule has 0 aliphatic heterocycles. The molecule has 0 radical (unpaired) electrons. The van der Waals surface area contributed by atoms with Crippen molar-refractivity contribution in [1.82, 2.24) is 4.83 Å². The third-order valence-electron chi connectivity index (χ3n) is 1.67. The van der Waals surface area contributed by atoms with Gasteiger partial charge in [-0.3, -0.25) is 4.79 Å². The van der Waals surface area contributed by atoms with Gasteiger partial charge in [-0.2, -0.15) is 18.4 Å². The lowest BCUT2D eigenvalue weighted by atomic mass is 10.2. The molecule has 0 fully saturated rings. The van der Waals surface area contributed by atoms with Crippen molar-refractivity contribution in [2.24, 2.45) is 5.10 Å². The summed E-state index contributed by atoms with van der Waals surface area (Å²) in [6.45, 7) is 1.84. The van der Waals surface area contributed by atoms with Gasteiger partial charge in [0.1, 0.15) is 6.21 Å². The number of rotatable bonds is 4. The molecule has 0 aliphatic carbocycles. The number of nitrogens with zero attached hydrogens (tertiary/aromatic N) is 1. The van der Waals surface area contributed by atoms with E-state index in [4.69, 9.17) is 11.6 Å². The van der Waals surface area contributed by atoms with E-state index < -0.39 is 15.3 Å². The Labute approximate surface area is 98.2 Å². The Hall–Kier alpha value is -1.40. The molecule has 16 heavy (non-hydrogen) atoms. The topological polar surface area (TPSA) is 75.6 Å². The molecule has 7 heteroatoms. The quantitative estimate of drug-likeness (QED) is 0.499. The van der Waals surface area contributed by atoms with Crippen molar-refractivity contribution in [2.75, 3.05) is 0 Å². The van der Waals surface area contributed by atoms with E-state index in [0.29, 0.717) is 6.21 Å². The average molecular weight is 261 g/mol. The fourth-order valence-electron chi connectivity index (χ4n) is 0.917. The van der Waals surface area contributed by atoms with Gasteiger partial charge < -0.3 is 0 Å². The summed E-state index contributed by atoms with van der Waals surface area (Å²) in [6.07, 6.45) is 0.674. The molecule has 0 aromatic heterocycles. The van der Waals surface area contributed by atoms with E-state index in [9.17, 15) is 13.2 Å². The van der Waals surface area contributed by atoms with E-state index in [1.54, 1.807) is 12.1 Å². The predicted molar refractivity (Wildman–Crippen MR) is 60.9 cm³/mol. The van der Waals surface area contributed by atoms with Gasteiger partial charge in [-0.15, -0.1) is 0 Å². The van der Waals surface area contributed by atoms with Gasteiger partial charge in [-0.1, -0.05) is 17.7 Å². The minimum absolute atomic E-state index is 0.0669. The number of benzene rings is 1. The van der Waals surface area contributed by atoms with Crippen LogP contribution in [0, 0.1) is 6.92 Å². The largest absolute Gasteiger partial charge is 0.276 e. The third kappa shape index (κ3) is 3.63. The molecule has 0 amide bonds. The highest BCUT2D eigenvalue weighted by Crippen LogP contribution is 2.09. The Bertz CT molecular complexity index is 508. The van der Waals surface area contributed by atoms with Gasteiger partial charge in [0, 0.05) is 0 Å². The molecule has 0 saturated carbocycles. The van der Waals surface area contributed by atoms with Crippen molar-refractivity contribution >= 4 is 33.1 Å². The van der Waals surface area contributed by atoms with E-state index in [0.717, 1.165) is 5.56 Å². The number of hydrazone groups is 1. The summed E-state index contributed by atoms with van der Waals surface area (Å²) in [6, 6.07) is 6.20. The van der Waals surface area contributed by atoms with Crippen molar-refractivity contribution in [3.8, 4) is 0 Å². The molecule has 86 valence electrons.